The standard InChI is InChI=1S/C23H23BrN2OS.C2H6/c24-20-11-12-22(25-15-20)28-23(19-9-5-2-6-10-19)21-17-26(13-14-27-21)16-18-7-3-1-4-8-18;1-2/h1-12,15,21,23H,13-14,16-17H2;1-2H3. The molecule has 0 bridgehead atoms. The van der Waals surface area contributed by atoms with Gasteiger partial charge in [0, 0.05) is 30.3 Å². The molecule has 1 aliphatic heterocycles. The summed E-state index contributed by atoms with van der Waals surface area (Å²) in [5.41, 5.74) is 2.63. The zero-order chi connectivity index (χ0) is 21.2. The van der Waals surface area contributed by atoms with Gasteiger partial charge in [-0.15, -0.1) is 0 Å². The third-order valence-electron chi connectivity index (χ3n) is 4.84. The Bertz CT molecular complexity index is 861. The summed E-state index contributed by atoms with van der Waals surface area (Å²) in [7, 11) is 0. The smallest absolute Gasteiger partial charge is 0.0967 e. The summed E-state index contributed by atoms with van der Waals surface area (Å²) in [6.07, 6.45) is 1.98. The lowest BCUT2D eigenvalue weighted by Gasteiger charge is -2.37. The maximum atomic E-state index is 6.26. The van der Waals surface area contributed by atoms with E-state index >= 15 is 0 Å². The number of thioether (sulfide) groups is 1. The van der Waals surface area contributed by atoms with Gasteiger partial charge in [0.05, 0.1) is 23.0 Å². The molecule has 5 heteroatoms. The van der Waals surface area contributed by atoms with E-state index < -0.39 is 0 Å². The van der Waals surface area contributed by atoms with Crippen LogP contribution in [0.2, 0.25) is 0 Å². The summed E-state index contributed by atoms with van der Waals surface area (Å²) in [6.45, 7) is 7.60. The van der Waals surface area contributed by atoms with Gasteiger partial charge in [-0.1, -0.05) is 86.3 Å². The summed E-state index contributed by atoms with van der Waals surface area (Å²) >= 11 is 5.25. The van der Waals surface area contributed by atoms with E-state index in [4.69, 9.17) is 4.74 Å². The van der Waals surface area contributed by atoms with Crippen molar-refractivity contribution < 1.29 is 4.74 Å². The average Bonchev–Trinajstić information content (AvgIpc) is 2.81. The fourth-order valence-electron chi connectivity index (χ4n) is 3.46. The molecule has 3 nitrogen and oxygen atoms in total. The first-order valence-electron chi connectivity index (χ1n) is 10.5. The van der Waals surface area contributed by atoms with Gasteiger partial charge in [-0.2, -0.15) is 0 Å². The molecule has 2 heterocycles. The fraction of sp³-hybridized carbons (Fsp3) is 0.320. The molecule has 2 unspecified atom stereocenters. The molecule has 1 aliphatic rings. The molecule has 0 radical (unpaired) electrons. The predicted molar refractivity (Wildman–Crippen MR) is 130 cm³/mol. The number of pyridine rings is 1. The Kier molecular flexibility index (Phi) is 9.40. The first-order chi connectivity index (χ1) is 14.8. The Balaban J connectivity index is 0.00000124. The highest BCUT2D eigenvalue weighted by Crippen LogP contribution is 2.39. The van der Waals surface area contributed by atoms with Crippen LogP contribution in [0.5, 0.6) is 0 Å². The quantitative estimate of drug-likeness (QED) is 0.367. The molecule has 0 spiro atoms. The van der Waals surface area contributed by atoms with Crippen molar-refractivity contribution >= 4 is 27.7 Å². The Morgan fingerprint density at radius 3 is 2.40 bits per heavy atom. The molecular formula is C25H29BrN2OS. The second kappa shape index (κ2) is 12.3. The summed E-state index contributed by atoms with van der Waals surface area (Å²) in [5, 5.41) is 1.22. The topological polar surface area (TPSA) is 25.4 Å². The van der Waals surface area contributed by atoms with Crippen molar-refractivity contribution in [1.82, 2.24) is 9.88 Å². The van der Waals surface area contributed by atoms with Gasteiger partial charge in [-0.05, 0) is 39.2 Å². The maximum absolute atomic E-state index is 6.26. The van der Waals surface area contributed by atoms with Gasteiger partial charge in [0.25, 0.3) is 0 Å². The van der Waals surface area contributed by atoms with Crippen molar-refractivity contribution in [3.05, 3.63) is 94.6 Å². The summed E-state index contributed by atoms with van der Waals surface area (Å²) < 4.78 is 7.26. The van der Waals surface area contributed by atoms with Crippen molar-refractivity contribution in [3.63, 3.8) is 0 Å². The second-order valence-electron chi connectivity index (χ2n) is 6.89. The number of morpholine rings is 1. The minimum absolute atomic E-state index is 0.121. The molecule has 1 saturated heterocycles. The third kappa shape index (κ3) is 6.67. The predicted octanol–water partition coefficient (Wildman–Crippen LogP) is 6.60. The molecule has 1 fully saturated rings. The minimum Gasteiger partial charge on any atom is -0.374 e. The van der Waals surface area contributed by atoms with E-state index in [-0.39, 0.29) is 11.4 Å². The first-order valence-corrected chi connectivity index (χ1v) is 12.2. The molecule has 2 aromatic carbocycles. The van der Waals surface area contributed by atoms with Crippen LogP contribution in [0.4, 0.5) is 0 Å². The maximum Gasteiger partial charge on any atom is 0.0967 e. The molecule has 30 heavy (non-hydrogen) atoms. The molecule has 158 valence electrons. The highest BCUT2D eigenvalue weighted by molar-refractivity contribution is 9.10. The van der Waals surface area contributed by atoms with Crippen LogP contribution in [0, 0.1) is 0 Å². The molecule has 2 atom stereocenters. The van der Waals surface area contributed by atoms with Crippen molar-refractivity contribution in [2.75, 3.05) is 19.7 Å². The second-order valence-corrected chi connectivity index (χ2v) is 8.97. The molecular weight excluding hydrogens is 456 g/mol. The van der Waals surface area contributed by atoms with E-state index in [9.17, 15) is 0 Å². The average molecular weight is 485 g/mol. The minimum atomic E-state index is 0.121. The summed E-state index contributed by atoms with van der Waals surface area (Å²) in [6, 6.07) is 25.4. The number of nitrogens with zero attached hydrogens (tertiary/aromatic N) is 2. The lowest BCUT2D eigenvalue weighted by Crippen LogP contribution is -2.44. The zero-order valence-electron chi connectivity index (χ0n) is 17.6. The molecule has 0 N–H and O–H groups in total. The van der Waals surface area contributed by atoms with Crippen LogP contribution in [-0.2, 0) is 11.3 Å². The van der Waals surface area contributed by atoms with E-state index in [1.807, 2.05) is 26.1 Å². The number of aromatic nitrogens is 1. The van der Waals surface area contributed by atoms with Gasteiger partial charge >= 0.3 is 0 Å². The van der Waals surface area contributed by atoms with Gasteiger partial charge in [0.2, 0.25) is 0 Å². The number of benzene rings is 2. The van der Waals surface area contributed by atoms with Crippen LogP contribution in [0.15, 0.2) is 88.5 Å². The number of halogens is 1. The van der Waals surface area contributed by atoms with E-state index in [0.29, 0.717) is 0 Å². The van der Waals surface area contributed by atoms with Gasteiger partial charge < -0.3 is 4.74 Å². The lowest BCUT2D eigenvalue weighted by molar-refractivity contribution is -0.0320. The Morgan fingerprint density at radius 1 is 1.03 bits per heavy atom. The molecule has 3 aromatic rings. The lowest BCUT2D eigenvalue weighted by atomic mass is 10.1. The van der Waals surface area contributed by atoms with Gasteiger partial charge in [0.15, 0.2) is 0 Å². The fourth-order valence-corrected chi connectivity index (χ4v) is 4.83. The molecule has 0 amide bonds. The number of hydrogen-bond acceptors (Lipinski definition) is 4. The van der Waals surface area contributed by atoms with E-state index in [0.717, 1.165) is 35.7 Å². The number of ether oxygens (including phenoxy) is 1. The van der Waals surface area contributed by atoms with Crippen LogP contribution >= 0.6 is 27.7 Å². The van der Waals surface area contributed by atoms with Gasteiger partial charge in [-0.25, -0.2) is 4.98 Å². The van der Waals surface area contributed by atoms with Crippen LogP contribution < -0.4 is 0 Å². The van der Waals surface area contributed by atoms with Crippen molar-refractivity contribution in [2.45, 2.75) is 36.8 Å². The highest BCUT2D eigenvalue weighted by Gasteiger charge is 2.30. The monoisotopic (exact) mass is 484 g/mol. The van der Waals surface area contributed by atoms with Crippen LogP contribution in [-0.4, -0.2) is 35.7 Å². The van der Waals surface area contributed by atoms with Crippen molar-refractivity contribution in [3.8, 4) is 0 Å². The zero-order valence-corrected chi connectivity index (χ0v) is 20.0. The Labute approximate surface area is 193 Å². The van der Waals surface area contributed by atoms with Crippen molar-refractivity contribution in [2.24, 2.45) is 0 Å². The van der Waals surface area contributed by atoms with Crippen molar-refractivity contribution in [1.29, 1.82) is 0 Å². The molecule has 0 aliphatic carbocycles. The molecule has 0 saturated carbocycles. The molecule has 4 rings (SSSR count). The largest absolute Gasteiger partial charge is 0.374 e. The van der Waals surface area contributed by atoms with Crippen LogP contribution in [0.1, 0.15) is 30.2 Å². The summed E-state index contributed by atoms with van der Waals surface area (Å²) in [4.78, 5) is 7.07. The SMILES string of the molecule is Brc1ccc(SC(c2ccccc2)C2CN(Cc3ccccc3)CCO2)nc1.CC. The third-order valence-corrected chi connectivity index (χ3v) is 6.62. The Morgan fingerprint density at radius 2 is 1.73 bits per heavy atom. The van der Waals surface area contributed by atoms with E-state index in [2.05, 4.69) is 92.5 Å². The van der Waals surface area contributed by atoms with Gasteiger partial charge in [0.1, 0.15) is 0 Å². The Hall–Kier alpha value is -1.66. The summed E-state index contributed by atoms with van der Waals surface area (Å²) in [5.74, 6) is 0. The van der Waals surface area contributed by atoms with E-state index in [1.165, 1.54) is 11.1 Å². The number of rotatable bonds is 6. The van der Waals surface area contributed by atoms with Crippen LogP contribution in [0.25, 0.3) is 0 Å². The van der Waals surface area contributed by atoms with Gasteiger partial charge in [-0.3, -0.25) is 4.90 Å². The highest BCUT2D eigenvalue weighted by atomic mass is 79.9. The first kappa shape index (κ1) is 23.0. The van der Waals surface area contributed by atoms with Crippen LogP contribution in [0.3, 0.4) is 0 Å². The van der Waals surface area contributed by atoms with E-state index in [1.54, 1.807) is 11.8 Å². The molecule has 1 aromatic heterocycles. The number of hydrogen-bond donors (Lipinski definition) is 0. The normalized spacial score (nSPS) is 17.6.